The van der Waals surface area contributed by atoms with E-state index in [1.807, 2.05) is 0 Å². The van der Waals surface area contributed by atoms with Crippen LogP contribution in [-0.4, -0.2) is 19.0 Å². The lowest BCUT2D eigenvalue weighted by molar-refractivity contribution is -0.115. The van der Waals surface area contributed by atoms with Crippen LogP contribution in [0.4, 0.5) is 5.69 Å². The third kappa shape index (κ3) is 5.14. The van der Waals surface area contributed by atoms with Crippen molar-refractivity contribution < 1.29 is 4.79 Å². The van der Waals surface area contributed by atoms with Crippen molar-refractivity contribution >= 4 is 51.5 Å². The summed E-state index contributed by atoms with van der Waals surface area (Å²) in [5, 5.41) is 6.59. The Balaban J connectivity index is 0.00000162. The predicted molar refractivity (Wildman–Crippen MR) is 80.6 cm³/mol. The second-order valence-corrected chi connectivity index (χ2v) is 5.51. The maximum absolute atomic E-state index is 11.6. The van der Waals surface area contributed by atoms with Crippen LogP contribution in [-0.2, 0) is 4.79 Å². The summed E-state index contributed by atoms with van der Waals surface area (Å²) in [5.74, 6) is 0.757. The van der Waals surface area contributed by atoms with E-state index in [9.17, 15) is 4.79 Å². The summed E-state index contributed by atoms with van der Waals surface area (Å²) in [6.45, 7) is 1.30. The Morgan fingerprint density at radius 1 is 1.44 bits per heavy atom. The monoisotopic (exact) mass is 352 g/mol. The number of rotatable bonds is 5. The molecule has 6 heteroatoms. The molecule has 0 aliphatic heterocycles. The molecule has 1 amide bonds. The Kier molecular flexibility index (Phi) is 6.43. The van der Waals surface area contributed by atoms with Crippen molar-refractivity contribution in [3.63, 3.8) is 0 Å². The number of carbonyl (C=O) groups excluding carboxylic acids is 1. The first-order valence-corrected chi connectivity index (χ1v) is 6.78. The number of carbonyl (C=O) groups is 1. The molecule has 0 aromatic heterocycles. The molecule has 1 aliphatic rings. The molecule has 18 heavy (non-hydrogen) atoms. The van der Waals surface area contributed by atoms with Crippen molar-refractivity contribution in [3.8, 4) is 0 Å². The highest BCUT2D eigenvalue weighted by Gasteiger charge is 2.20. The standard InChI is InChI=1S/C12H14BrClN2O.ClH/c13-10-5-9(3-4-11(10)14)16-12(17)7-15-6-8-1-2-8;/h3-5,8,15H,1-2,6-7H2,(H,16,17);1H. The molecule has 2 rings (SSSR count). The minimum Gasteiger partial charge on any atom is -0.325 e. The number of benzene rings is 1. The molecule has 0 atom stereocenters. The quantitative estimate of drug-likeness (QED) is 0.851. The van der Waals surface area contributed by atoms with Gasteiger partial charge in [-0.1, -0.05) is 11.6 Å². The van der Waals surface area contributed by atoms with E-state index in [1.165, 1.54) is 12.8 Å². The average molecular weight is 354 g/mol. The van der Waals surface area contributed by atoms with Crippen molar-refractivity contribution in [1.82, 2.24) is 5.32 Å². The van der Waals surface area contributed by atoms with Crippen molar-refractivity contribution in [1.29, 1.82) is 0 Å². The number of nitrogens with one attached hydrogen (secondary N) is 2. The Hall–Kier alpha value is -0.290. The van der Waals surface area contributed by atoms with Crippen molar-refractivity contribution in [2.45, 2.75) is 12.8 Å². The fourth-order valence-corrected chi connectivity index (χ4v) is 1.99. The van der Waals surface area contributed by atoms with Gasteiger partial charge in [-0.3, -0.25) is 4.79 Å². The topological polar surface area (TPSA) is 41.1 Å². The first-order valence-electron chi connectivity index (χ1n) is 5.61. The number of hydrogen-bond donors (Lipinski definition) is 2. The largest absolute Gasteiger partial charge is 0.325 e. The van der Waals surface area contributed by atoms with Gasteiger partial charge in [0.05, 0.1) is 11.6 Å². The van der Waals surface area contributed by atoms with Gasteiger partial charge in [0.25, 0.3) is 0 Å². The van der Waals surface area contributed by atoms with Gasteiger partial charge in [0.15, 0.2) is 0 Å². The lowest BCUT2D eigenvalue weighted by Crippen LogP contribution is -2.29. The molecular formula is C12H15BrCl2N2O. The Labute approximate surface area is 126 Å². The summed E-state index contributed by atoms with van der Waals surface area (Å²) < 4.78 is 0.780. The van der Waals surface area contributed by atoms with Crippen molar-refractivity contribution in [3.05, 3.63) is 27.7 Å². The van der Waals surface area contributed by atoms with Crippen LogP contribution in [0.25, 0.3) is 0 Å². The Morgan fingerprint density at radius 3 is 2.78 bits per heavy atom. The van der Waals surface area contributed by atoms with Crippen molar-refractivity contribution in [2.75, 3.05) is 18.4 Å². The van der Waals surface area contributed by atoms with Crippen LogP contribution in [0.3, 0.4) is 0 Å². The van der Waals surface area contributed by atoms with Gasteiger partial charge < -0.3 is 10.6 Å². The first-order chi connectivity index (χ1) is 8.15. The fraction of sp³-hybridized carbons (Fsp3) is 0.417. The molecule has 1 aromatic carbocycles. The van der Waals surface area contributed by atoms with Crippen LogP contribution in [0.2, 0.25) is 5.02 Å². The summed E-state index contributed by atoms with van der Waals surface area (Å²) in [4.78, 5) is 11.6. The van der Waals surface area contributed by atoms with Gasteiger partial charge in [-0.15, -0.1) is 12.4 Å². The third-order valence-corrected chi connectivity index (χ3v) is 3.83. The molecule has 0 radical (unpaired) electrons. The van der Waals surface area contributed by atoms with Crippen LogP contribution >= 0.6 is 39.9 Å². The van der Waals surface area contributed by atoms with Gasteiger partial charge in [-0.05, 0) is 59.4 Å². The van der Waals surface area contributed by atoms with Gasteiger partial charge in [-0.2, -0.15) is 0 Å². The average Bonchev–Trinajstić information content (AvgIpc) is 3.07. The SMILES string of the molecule is Cl.O=C(CNCC1CC1)Nc1ccc(Cl)c(Br)c1. The van der Waals surface area contributed by atoms with E-state index in [1.54, 1.807) is 18.2 Å². The third-order valence-electron chi connectivity index (χ3n) is 2.62. The van der Waals surface area contributed by atoms with Crippen LogP contribution in [0, 0.1) is 5.92 Å². The molecule has 1 aliphatic carbocycles. The van der Waals surface area contributed by atoms with Gasteiger partial charge in [0.1, 0.15) is 0 Å². The molecular weight excluding hydrogens is 339 g/mol. The zero-order chi connectivity index (χ0) is 12.3. The lowest BCUT2D eigenvalue weighted by Gasteiger charge is -2.07. The molecule has 0 saturated heterocycles. The van der Waals surface area contributed by atoms with Crippen LogP contribution in [0.1, 0.15) is 12.8 Å². The second kappa shape index (κ2) is 7.34. The highest BCUT2D eigenvalue weighted by Crippen LogP contribution is 2.27. The van der Waals surface area contributed by atoms with Crippen LogP contribution < -0.4 is 10.6 Å². The summed E-state index contributed by atoms with van der Waals surface area (Å²) in [6, 6.07) is 5.33. The maximum Gasteiger partial charge on any atom is 0.238 e. The van der Waals surface area contributed by atoms with E-state index in [2.05, 4.69) is 26.6 Å². The lowest BCUT2D eigenvalue weighted by atomic mass is 10.3. The maximum atomic E-state index is 11.6. The highest BCUT2D eigenvalue weighted by atomic mass is 79.9. The summed E-state index contributed by atoms with van der Waals surface area (Å²) in [6.07, 6.45) is 2.58. The summed E-state index contributed by atoms with van der Waals surface area (Å²) in [7, 11) is 0. The minimum absolute atomic E-state index is 0. The van der Waals surface area contributed by atoms with Gasteiger partial charge in [0, 0.05) is 10.2 Å². The van der Waals surface area contributed by atoms with E-state index < -0.39 is 0 Å². The normalized spacial score (nSPS) is 13.9. The Morgan fingerprint density at radius 2 is 2.17 bits per heavy atom. The molecule has 0 spiro atoms. The predicted octanol–water partition coefficient (Wildman–Crippen LogP) is 3.46. The summed E-state index contributed by atoms with van der Waals surface area (Å²) >= 11 is 9.19. The molecule has 2 N–H and O–H groups in total. The number of anilines is 1. The molecule has 0 bridgehead atoms. The van der Waals surface area contributed by atoms with E-state index in [4.69, 9.17) is 11.6 Å². The Bertz CT molecular complexity index is 425. The van der Waals surface area contributed by atoms with Gasteiger partial charge >= 0.3 is 0 Å². The van der Waals surface area contributed by atoms with E-state index >= 15 is 0 Å². The van der Waals surface area contributed by atoms with Gasteiger partial charge in [0.2, 0.25) is 5.91 Å². The summed E-state index contributed by atoms with van der Waals surface area (Å²) in [5.41, 5.74) is 0.750. The van der Waals surface area contributed by atoms with Crippen LogP contribution in [0.15, 0.2) is 22.7 Å². The smallest absolute Gasteiger partial charge is 0.238 e. The number of amides is 1. The van der Waals surface area contributed by atoms with Crippen molar-refractivity contribution in [2.24, 2.45) is 5.92 Å². The molecule has 3 nitrogen and oxygen atoms in total. The zero-order valence-electron chi connectivity index (χ0n) is 9.71. The zero-order valence-corrected chi connectivity index (χ0v) is 12.9. The highest BCUT2D eigenvalue weighted by molar-refractivity contribution is 9.10. The number of halogens is 3. The molecule has 1 aromatic rings. The molecule has 0 heterocycles. The second-order valence-electron chi connectivity index (χ2n) is 4.25. The van der Waals surface area contributed by atoms with Crippen LogP contribution in [0.5, 0.6) is 0 Å². The fourth-order valence-electron chi connectivity index (χ4n) is 1.49. The molecule has 0 unspecified atom stereocenters. The first kappa shape index (κ1) is 15.8. The number of hydrogen-bond acceptors (Lipinski definition) is 2. The van der Waals surface area contributed by atoms with E-state index in [0.717, 1.165) is 22.6 Å². The molecule has 1 saturated carbocycles. The van der Waals surface area contributed by atoms with Gasteiger partial charge in [-0.25, -0.2) is 0 Å². The minimum atomic E-state index is -0.0279. The molecule has 1 fully saturated rings. The molecule has 100 valence electrons. The van der Waals surface area contributed by atoms with E-state index in [-0.39, 0.29) is 18.3 Å². The van der Waals surface area contributed by atoms with E-state index in [0.29, 0.717) is 11.6 Å².